The second-order valence-electron chi connectivity index (χ2n) is 6.40. The summed E-state index contributed by atoms with van der Waals surface area (Å²) < 4.78 is 23.8. The lowest BCUT2D eigenvalue weighted by Gasteiger charge is -2.21. The average Bonchev–Trinajstić information content (AvgIpc) is 2.86. The molecule has 3 rings (SSSR count). The van der Waals surface area contributed by atoms with E-state index in [1.54, 1.807) is 0 Å². The zero-order valence-corrected chi connectivity index (χ0v) is 13.0. The summed E-state index contributed by atoms with van der Waals surface area (Å²) in [5.41, 5.74) is 4.06. The van der Waals surface area contributed by atoms with Crippen LogP contribution in [-0.4, -0.2) is 26.0 Å². The van der Waals surface area contributed by atoms with Crippen molar-refractivity contribution in [1.82, 2.24) is 5.32 Å². The van der Waals surface area contributed by atoms with Crippen LogP contribution in [0.25, 0.3) is 0 Å². The SMILES string of the molecule is Cc1ccc2c(c1)[C@H](NC[C@H]1CCCS1(=O)=O)[C@H](C)C2. The van der Waals surface area contributed by atoms with Gasteiger partial charge in [0.05, 0.1) is 11.0 Å². The lowest BCUT2D eigenvalue weighted by Crippen LogP contribution is -2.34. The molecule has 0 aromatic heterocycles. The molecule has 2 aliphatic rings. The molecule has 0 saturated carbocycles. The maximum atomic E-state index is 11.9. The Labute approximate surface area is 121 Å². The Morgan fingerprint density at radius 1 is 1.35 bits per heavy atom. The monoisotopic (exact) mass is 293 g/mol. The van der Waals surface area contributed by atoms with E-state index in [0.717, 1.165) is 19.3 Å². The van der Waals surface area contributed by atoms with Crippen LogP contribution in [0.5, 0.6) is 0 Å². The quantitative estimate of drug-likeness (QED) is 0.931. The summed E-state index contributed by atoms with van der Waals surface area (Å²) >= 11 is 0. The van der Waals surface area contributed by atoms with Gasteiger partial charge in [-0.15, -0.1) is 0 Å². The summed E-state index contributed by atoms with van der Waals surface area (Å²) in [4.78, 5) is 0. The van der Waals surface area contributed by atoms with Crippen molar-refractivity contribution in [1.29, 1.82) is 0 Å². The molecule has 1 heterocycles. The number of nitrogens with one attached hydrogen (secondary N) is 1. The minimum atomic E-state index is -2.84. The average molecular weight is 293 g/mol. The summed E-state index contributed by atoms with van der Waals surface area (Å²) in [6, 6.07) is 6.94. The fourth-order valence-electron chi connectivity index (χ4n) is 3.62. The molecule has 1 fully saturated rings. The molecule has 1 aromatic carbocycles. The summed E-state index contributed by atoms with van der Waals surface area (Å²) in [7, 11) is -2.84. The number of benzene rings is 1. The summed E-state index contributed by atoms with van der Waals surface area (Å²) in [5, 5.41) is 3.36. The van der Waals surface area contributed by atoms with E-state index < -0.39 is 9.84 Å². The van der Waals surface area contributed by atoms with Gasteiger partial charge in [0, 0.05) is 12.6 Å². The van der Waals surface area contributed by atoms with Crippen LogP contribution in [0.4, 0.5) is 0 Å². The number of rotatable bonds is 3. The second-order valence-corrected chi connectivity index (χ2v) is 8.80. The van der Waals surface area contributed by atoms with E-state index in [4.69, 9.17) is 0 Å². The van der Waals surface area contributed by atoms with E-state index in [0.29, 0.717) is 24.3 Å². The molecule has 1 aromatic rings. The Morgan fingerprint density at radius 3 is 2.85 bits per heavy atom. The maximum Gasteiger partial charge on any atom is 0.154 e. The highest BCUT2D eigenvalue weighted by Gasteiger charge is 2.34. The highest BCUT2D eigenvalue weighted by molar-refractivity contribution is 7.92. The number of sulfone groups is 1. The summed E-state index contributed by atoms with van der Waals surface area (Å²) in [6.07, 6.45) is 2.73. The largest absolute Gasteiger partial charge is 0.308 e. The van der Waals surface area contributed by atoms with Crippen LogP contribution in [0.2, 0.25) is 0 Å². The molecule has 0 spiro atoms. The molecule has 1 saturated heterocycles. The lowest BCUT2D eigenvalue weighted by molar-refractivity contribution is 0.412. The van der Waals surface area contributed by atoms with Crippen molar-refractivity contribution in [2.45, 2.75) is 44.4 Å². The van der Waals surface area contributed by atoms with Crippen molar-refractivity contribution < 1.29 is 8.42 Å². The highest BCUT2D eigenvalue weighted by Crippen LogP contribution is 2.36. The van der Waals surface area contributed by atoms with E-state index in [2.05, 4.69) is 37.4 Å². The minimum absolute atomic E-state index is 0.177. The molecule has 1 aliphatic heterocycles. The third-order valence-electron chi connectivity index (χ3n) is 4.78. The number of hydrogen-bond acceptors (Lipinski definition) is 3. The second kappa shape index (κ2) is 5.15. The first-order chi connectivity index (χ1) is 9.47. The predicted octanol–water partition coefficient (Wildman–Crippen LogP) is 2.40. The number of fused-ring (bicyclic) bond motifs is 1. The van der Waals surface area contributed by atoms with Gasteiger partial charge < -0.3 is 5.32 Å². The van der Waals surface area contributed by atoms with E-state index in [1.165, 1.54) is 16.7 Å². The van der Waals surface area contributed by atoms with Gasteiger partial charge in [-0.3, -0.25) is 0 Å². The molecule has 0 unspecified atom stereocenters. The fraction of sp³-hybridized carbons (Fsp3) is 0.625. The predicted molar refractivity (Wildman–Crippen MR) is 81.6 cm³/mol. The molecule has 20 heavy (non-hydrogen) atoms. The molecule has 1 N–H and O–H groups in total. The molecule has 0 bridgehead atoms. The Balaban J connectivity index is 1.74. The van der Waals surface area contributed by atoms with Gasteiger partial charge in [0.25, 0.3) is 0 Å². The van der Waals surface area contributed by atoms with Crippen LogP contribution in [0, 0.1) is 12.8 Å². The van der Waals surface area contributed by atoms with Crippen LogP contribution in [-0.2, 0) is 16.3 Å². The third-order valence-corrected chi connectivity index (χ3v) is 7.05. The van der Waals surface area contributed by atoms with Crippen molar-refractivity contribution in [3.63, 3.8) is 0 Å². The van der Waals surface area contributed by atoms with Gasteiger partial charge in [-0.05, 0) is 43.2 Å². The van der Waals surface area contributed by atoms with E-state index >= 15 is 0 Å². The van der Waals surface area contributed by atoms with E-state index in [1.807, 2.05) is 0 Å². The van der Waals surface area contributed by atoms with Crippen LogP contribution in [0.1, 0.15) is 42.5 Å². The Kier molecular flexibility index (Phi) is 3.63. The maximum absolute atomic E-state index is 11.9. The smallest absolute Gasteiger partial charge is 0.154 e. The van der Waals surface area contributed by atoms with Gasteiger partial charge in [-0.2, -0.15) is 0 Å². The zero-order chi connectivity index (χ0) is 14.3. The van der Waals surface area contributed by atoms with Crippen LogP contribution < -0.4 is 5.32 Å². The summed E-state index contributed by atoms with van der Waals surface area (Å²) in [5.74, 6) is 0.908. The Hall–Kier alpha value is -0.870. The molecule has 110 valence electrons. The summed E-state index contributed by atoms with van der Waals surface area (Å²) in [6.45, 7) is 4.96. The minimum Gasteiger partial charge on any atom is -0.308 e. The van der Waals surface area contributed by atoms with Gasteiger partial charge in [-0.1, -0.05) is 30.7 Å². The fourth-order valence-corrected chi connectivity index (χ4v) is 5.40. The molecular weight excluding hydrogens is 270 g/mol. The van der Waals surface area contributed by atoms with Crippen molar-refractivity contribution in [3.8, 4) is 0 Å². The van der Waals surface area contributed by atoms with Gasteiger partial charge in [0.1, 0.15) is 0 Å². The van der Waals surface area contributed by atoms with Crippen molar-refractivity contribution >= 4 is 9.84 Å². The highest BCUT2D eigenvalue weighted by atomic mass is 32.2. The van der Waals surface area contributed by atoms with E-state index in [-0.39, 0.29) is 5.25 Å². The first-order valence-corrected chi connectivity index (χ1v) is 9.23. The van der Waals surface area contributed by atoms with Crippen molar-refractivity contribution in [2.24, 2.45) is 5.92 Å². The zero-order valence-electron chi connectivity index (χ0n) is 12.2. The van der Waals surface area contributed by atoms with Gasteiger partial charge in [0.15, 0.2) is 9.84 Å². The third kappa shape index (κ3) is 2.51. The number of hydrogen-bond donors (Lipinski definition) is 1. The molecule has 3 nitrogen and oxygen atoms in total. The topological polar surface area (TPSA) is 46.2 Å². The van der Waals surface area contributed by atoms with Gasteiger partial charge in [0.2, 0.25) is 0 Å². The van der Waals surface area contributed by atoms with Crippen molar-refractivity contribution in [2.75, 3.05) is 12.3 Å². The first-order valence-electron chi connectivity index (χ1n) is 7.52. The van der Waals surface area contributed by atoms with Gasteiger partial charge in [-0.25, -0.2) is 8.42 Å². The van der Waals surface area contributed by atoms with Crippen LogP contribution in [0.3, 0.4) is 0 Å². The normalized spacial score (nSPS) is 31.4. The van der Waals surface area contributed by atoms with Crippen LogP contribution >= 0.6 is 0 Å². The Morgan fingerprint density at radius 2 is 2.15 bits per heavy atom. The standard InChI is InChI=1S/C16H23NO2S/c1-11-5-6-13-9-12(2)16(15(13)8-11)17-10-14-4-3-7-20(14,18)19/h5-6,8,12,14,16-17H,3-4,7,9-10H2,1-2H3/t12-,14-,16-/m1/s1. The van der Waals surface area contributed by atoms with Gasteiger partial charge >= 0.3 is 0 Å². The molecule has 0 amide bonds. The van der Waals surface area contributed by atoms with Crippen molar-refractivity contribution in [3.05, 3.63) is 34.9 Å². The lowest BCUT2D eigenvalue weighted by atomic mass is 10.0. The Bertz CT molecular complexity index is 609. The molecular formula is C16H23NO2S. The molecule has 4 heteroatoms. The number of aryl methyl sites for hydroxylation is 1. The molecule has 3 atom stereocenters. The molecule has 1 aliphatic carbocycles. The first kappa shape index (κ1) is 14.1. The van der Waals surface area contributed by atoms with E-state index in [9.17, 15) is 8.42 Å². The van der Waals surface area contributed by atoms with Crippen LogP contribution in [0.15, 0.2) is 18.2 Å². The molecule has 0 radical (unpaired) electrons.